The van der Waals surface area contributed by atoms with Crippen LogP contribution in [0.3, 0.4) is 0 Å². The predicted octanol–water partition coefficient (Wildman–Crippen LogP) is 2.66. The van der Waals surface area contributed by atoms with Gasteiger partial charge in [0.2, 0.25) is 0 Å². The highest BCUT2D eigenvalue weighted by molar-refractivity contribution is 5.60. The van der Waals surface area contributed by atoms with Crippen molar-refractivity contribution in [2.45, 2.75) is 26.4 Å². The third-order valence-corrected chi connectivity index (χ3v) is 3.03. The normalized spacial score (nSPS) is 10.7. The van der Waals surface area contributed by atoms with Crippen LogP contribution in [-0.4, -0.2) is 30.2 Å². The SMILES string of the molecule is COc1cc(OC)cc(-c2ncc(CNC(C)C)cn2)c1. The van der Waals surface area contributed by atoms with Crippen LogP contribution in [0.5, 0.6) is 11.5 Å². The molecule has 1 aromatic carbocycles. The first-order valence-corrected chi connectivity index (χ1v) is 6.90. The van der Waals surface area contributed by atoms with Gasteiger partial charge in [-0.1, -0.05) is 13.8 Å². The Bertz CT molecular complexity index is 560. The van der Waals surface area contributed by atoms with E-state index >= 15 is 0 Å². The van der Waals surface area contributed by atoms with Crippen LogP contribution in [-0.2, 0) is 6.54 Å². The van der Waals surface area contributed by atoms with Gasteiger partial charge in [-0.15, -0.1) is 0 Å². The molecule has 0 saturated heterocycles. The third-order valence-electron chi connectivity index (χ3n) is 3.03. The van der Waals surface area contributed by atoms with Crippen molar-refractivity contribution in [3.8, 4) is 22.9 Å². The summed E-state index contributed by atoms with van der Waals surface area (Å²) in [6.07, 6.45) is 3.67. The number of ether oxygens (including phenoxy) is 2. The molecule has 2 aromatic rings. The molecule has 21 heavy (non-hydrogen) atoms. The van der Waals surface area contributed by atoms with Crippen LogP contribution >= 0.6 is 0 Å². The number of rotatable bonds is 6. The molecule has 0 aliphatic heterocycles. The number of methoxy groups -OCH3 is 2. The van der Waals surface area contributed by atoms with E-state index < -0.39 is 0 Å². The Hall–Kier alpha value is -2.14. The van der Waals surface area contributed by atoms with Crippen LogP contribution in [0.15, 0.2) is 30.6 Å². The Morgan fingerprint density at radius 1 is 1.00 bits per heavy atom. The maximum Gasteiger partial charge on any atom is 0.159 e. The van der Waals surface area contributed by atoms with Crippen LogP contribution in [0, 0.1) is 0 Å². The van der Waals surface area contributed by atoms with E-state index in [4.69, 9.17) is 9.47 Å². The topological polar surface area (TPSA) is 56.3 Å². The van der Waals surface area contributed by atoms with Gasteiger partial charge < -0.3 is 14.8 Å². The quantitative estimate of drug-likeness (QED) is 0.885. The van der Waals surface area contributed by atoms with Gasteiger partial charge in [0.1, 0.15) is 11.5 Å². The molecule has 0 radical (unpaired) electrons. The first-order chi connectivity index (χ1) is 10.1. The van der Waals surface area contributed by atoms with Gasteiger partial charge in [0.05, 0.1) is 14.2 Å². The summed E-state index contributed by atoms with van der Waals surface area (Å²) in [5.41, 5.74) is 1.93. The first kappa shape index (κ1) is 15.3. The summed E-state index contributed by atoms with van der Waals surface area (Å²) in [7, 11) is 3.25. The van der Waals surface area contributed by atoms with Gasteiger partial charge in [-0.05, 0) is 12.1 Å². The van der Waals surface area contributed by atoms with Crippen molar-refractivity contribution in [3.63, 3.8) is 0 Å². The third kappa shape index (κ3) is 4.16. The van der Waals surface area contributed by atoms with Crippen molar-refractivity contribution in [3.05, 3.63) is 36.2 Å². The van der Waals surface area contributed by atoms with Gasteiger partial charge in [0, 0.05) is 42.2 Å². The van der Waals surface area contributed by atoms with Crippen molar-refractivity contribution in [1.82, 2.24) is 15.3 Å². The minimum Gasteiger partial charge on any atom is -0.497 e. The Kier molecular flexibility index (Phi) is 5.11. The van der Waals surface area contributed by atoms with Crippen molar-refractivity contribution in [1.29, 1.82) is 0 Å². The lowest BCUT2D eigenvalue weighted by atomic mass is 10.2. The summed E-state index contributed by atoms with van der Waals surface area (Å²) in [5, 5.41) is 3.34. The zero-order valence-corrected chi connectivity index (χ0v) is 12.9. The molecule has 0 bridgehead atoms. The predicted molar refractivity (Wildman–Crippen MR) is 82.5 cm³/mol. The van der Waals surface area contributed by atoms with Crippen molar-refractivity contribution >= 4 is 0 Å². The van der Waals surface area contributed by atoms with E-state index in [1.54, 1.807) is 14.2 Å². The molecule has 5 heteroatoms. The van der Waals surface area contributed by atoms with Crippen LogP contribution in [0.25, 0.3) is 11.4 Å². The van der Waals surface area contributed by atoms with Gasteiger partial charge in [-0.3, -0.25) is 0 Å². The van der Waals surface area contributed by atoms with Crippen LogP contribution in [0.4, 0.5) is 0 Å². The van der Waals surface area contributed by atoms with Gasteiger partial charge in [-0.2, -0.15) is 0 Å². The maximum atomic E-state index is 5.26. The summed E-state index contributed by atoms with van der Waals surface area (Å²) in [4.78, 5) is 8.83. The smallest absolute Gasteiger partial charge is 0.159 e. The fourth-order valence-corrected chi connectivity index (χ4v) is 1.85. The average molecular weight is 287 g/mol. The van der Waals surface area contributed by atoms with Crippen molar-refractivity contribution < 1.29 is 9.47 Å². The van der Waals surface area contributed by atoms with Crippen LogP contribution < -0.4 is 14.8 Å². The highest BCUT2D eigenvalue weighted by atomic mass is 16.5. The molecule has 0 amide bonds. The lowest BCUT2D eigenvalue weighted by Gasteiger charge is -2.09. The fourth-order valence-electron chi connectivity index (χ4n) is 1.85. The first-order valence-electron chi connectivity index (χ1n) is 6.90. The van der Waals surface area contributed by atoms with Gasteiger partial charge in [0.15, 0.2) is 5.82 Å². The second-order valence-corrected chi connectivity index (χ2v) is 5.05. The molecule has 2 rings (SSSR count). The summed E-state index contributed by atoms with van der Waals surface area (Å²) in [5.74, 6) is 2.09. The summed E-state index contributed by atoms with van der Waals surface area (Å²) in [6.45, 7) is 4.98. The Labute approximate surface area is 125 Å². The lowest BCUT2D eigenvalue weighted by Crippen LogP contribution is -2.21. The minimum absolute atomic E-state index is 0.437. The standard InChI is InChI=1S/C16H21N3O2/c1-11(2)17-8-12-9-18-16(19-10-12)13-5-14(20-3)7-15(6-13)21-4/h5-7,9-11,17H,8H2,1-4H3. The number of nitrogens with zero attached hydrogens (tertiary/aromatic N) is 2. The molecule has 0 fully saturated rings. The molecule has 1 heterocycles. The number of hydrogen-bond acceptors (Lipinski definition) is 5. The zero-order valence-electron chi connectivity index (χ0n) is 12.9. The summed E-state index contributed by atoms with van der Waals surface area (Å²) >= 11 is 0. The molecule has 0 spiro atoms. The lowest BCUT2D eigenvalue weighted by molar-refractivity contribution is 0.394. The zero-order chi connectivity index (χ0) is 15.2. The van der Waals surface area contributed by atoms with Gasteiger partial charge in [0.25, 0.3) is 0 Å². The summed E-state index contributed by atoms with van der Waals surface area (Å²) < 4.78 is 10.5. The molecular weight excluding hydrogens is 266 g/mol. The van der Waals surface area contributed by atoms with Gasteiger partial charge >= 0.3 is 0 Å². The number of hydrogen-bond donors (Lipinski definition) is 1. The van der Waals surface area contributed by atoms with E-state index in [-0.39, 0.29) is 0 Å². The summed E-state index contributed by atoms with van der Waals surface area (Å²) in [6, 6.07) is 6.05. The van der Waals surface area contributed by atoms with E-state index in [9.17, 15) is 0 Å². The number of aromatic nitrogens is 2. The number of nitrogens with one attached hydrogen (secondary N) is 1. The van der Waals surface area contributed by atoms with Crippen molar-refractivity contribution in [2.24, 2.45) is 0 Å². The molecule has 0 aliphatic rings. The van der Waals surface area contributed by atoms with E-state index in [0.717, 1.165) is 29.2 Å². The molecule has 1 N–H and O–H groups in total. The monoisotopic (exact) mass is 287 g/mol. The highest BCUT2D eigenvalue weighted by Crippen LogP contribution is 2.27. The molecule has 5 nitrogen and oxygen atoms in total. The van der Waals surface area contributed by atoms with E-state index in [0.29, 0.717) is 11.9 Å². The van der Waals surface area contributed by atoms with E-state index in [2.05, 4.69) is 29.1 Å². The molecule has 0 aliphatic carbocycles. The van der Waals surface area contributed by atoms with E-state index in [1.807, 2.05) is 30.6 Å². The Morgan fingerprint density at radius 2 is 1.57 bits per heavy atom. The molecule has 1 aromatic heterocycles. The van der Waals surface area contributed by atoms with Crippen LogP contribution in [0.2, 0.25) is 0 Å². The maximum absolute atomic E-state index is 5.26. The van der Waals surface area contributed by atoms with Gasteiger partial charge in [-0.25, -0.2) is 9.97 Å². The highest BCUT2D eigenvalue weighted by Gasteiger charge is 2.07. The second kappa shape index (κ2) is 7.04. The van der Waals surface area contributed by atoms with Crippen LogP contribution in [0.1, 0.15) is 19.4 Å². The molecule has 112 valence electrons. The Morgan fingerprint density at radius 3 is 2.05 bits per heavy atom. The molecule has 0 atom stereocenters. The number of benzene rings is 1. The fraction of sp³-hybridized carbons (Fsp3) is 0.375. The molecule has 0 saturated carbocycles. The minimum atomic E-state index is 0.437. The molecule has 0 unspecified atom stereocenters. The molecular formula is C16H21N3O2. The Balaban J connectivity index is 2.21. The van der Waals surface area contributed by atoms with E-state index in [1.165, 1.54) is 0 Å². The second-order valence-electron chi connectivity index (χ2n) is 5.05. The largest absolute Gasteiger partial charge is 0.497 e. The van der Waals surface area contributed by atoms with Crippen molar-refractivity contribution in [2.75, 3.05) is 14.2 Å². The average Bonchev–Trinajstić information content (AvgIpc) is 2.52.